The van der Waals surface area contributed by atoms with Crippen molar-refractivity contribution in [3.63, 3.8) is 0 Å². The summed E-state index contributed by atoms with van der Waals surface area (Å²) < 4.78 is 19.2. The molecule has 0 atom stereocenters. The highest BCUT2D eigenvalue weighted by atomic mass is 79.9. The van der Waals surface area contributed by atoms with Crippen LogP contribution in [0, 0.1) is 15.9 Å². The number of halogens is 3. The minimum atomic E-state index is -0.806. The van der Waals surface area contributed by atoms with Crippen LogP contribution < -0.4 is 4.74 Å². The van der Waals surface area contributed by atoms with Gasteiger partial charge in [0.15, 0.2) is 11.6 Å². The van der Waals surface area contributed by atoms with Gasteiger partial charge in [0.25, 0.3) is 5.69 Å². The lowest BCUT2D eigenvalue weighted by Crippen LogP contribution is -1.94. The number of hydrogen-bond donors (Lipinski definition) is 0. The molecule has 2 rings (SSSR count). The van der Waals surface area contributed by atoms with Gasteiger partial charge in [-0.15, -0.1) is 0 Å². The van der Waals surface area contributed by atoms with Crippen LogP contribution in [0.5, 0.6) is 11.5 Å². The van der Waals surface area contributed by atoms with Crippen LogP contribution in [0.4, 0.5) is 10.1 Å². The van der Waals surface area contributed by atoms with E-state index in [0.29, 0.717) is 16.1 Å². The highest BCUT2D eigenvalue weighted by Crippen LogP contribution is 2.32. The number of alkyl halides is 1. The van der Waals surface area contributed by atoms with Crippen molar-refractivity contribution in [3.05, 3.63) is 62.9 Å². The number of nitro benzene ring substituents is 1. The van der Waals surface area contributed by atoms with Crippen LogP contribution in [0.1, 0.15) is 5.56 Å². The maximum absolute atomic E-state index is 13.8. The van der Waals surface area contributed by atoms with Gasteiger partial charge in [0.2, 0.25) is 0 Å². The molecule has 0 saturated heterocycles. The largest absolute Gasteiger partial charge is 0.454 e. The van der Waals surface area contributed by atoms with Crippen LogP contribution in [0.25, 0.3) is 0 Å². The topological polar surface area (TPSA) is 52.4 Å². The Morgan fingerprint density at radius 3 is 2.60 bits per heavy atom. The summed E-state index contributed by atoms with van der Waals surface area (Å²) >= 11 is 9.16. The molecule has 0 aliphatic heterocycles. The summed E-state index contributed by atoms with van der Waals surface area (Å²) in [7, 11) is 0. The second kappa shape index (κ2) is 6.19. The molecule has 4 nitrogen and oxygen atoms in total. The molecule has 20 heavy (non-hydrogen) atoms. The molecule has 0 amide bonds. The lowest BCUT2D eigenvalue weighted by Gasteiger charge is -2.10. The first-order chi connectivity index (χ1) is 9.51. The van der Waals surface area contributed by atoms with E-state index in [1.807, 2.05) is 0 Å². The Labute approximate surface area is 127 Å². The molecule has 0 N–H and O–H groups in total. The first-order valence-electron chi connectivity index (χ1n) is 5.47. The van der Waals surface area contributed by atoms with Gasteiger partial charge >= 0.3 is 0 Å². The van der Waals surface area contributed by atoms with Gasteiger partial charge in [-0.3, -0.25) is 10.1 Å². The molecular weight excluding hydrogens is 353 g/mol. The third kappa shape index (κ3) is 3.26. The molecule has 2 aromatic rings. The molecule has 0 unspecified atom stereocenters. The highest BCUT2D eigenvalue weighted by molar-refractivity contribution is 9.08. The molecule has 0 radical (unpaired) electrons. The summed E-state index contributed by atoms with van der Waals surface area (Å²) in [6.45, 7) is 0. The lowest BCUT2D eigenvalue weighted by atomic mass is 10.2. The number of nitro groups is 1. The van der Waals surface area contributed by atoms with Gasteiger partial charge in [0, 0.05) is 22.0 Å². The minimum Gasteiger partial charge on any atom is -0.454 e. The predicted molar refractivity (Wildman–Crippen MR) is 77.2 cm³/mol. The van der Waals surface area contributed by atoms with Crippen LogP contribution in [-0.4, -0.2) is 4.92 Å². The van der Waals surface area contributed by atoms with Crippen LogP contribution in [0.2, 0.25) is 5.02 Å². The third-order valence-corrected chi connectivity index (χ3v) is 3.36. The van der Waals surface area contributed by atoms with Crippen LogP contribution in [0.3, 0.4) is 0 Å². The first-order valence-corrected chi connectivity index (χ1v) is 6.97. The zero-order valence-corrected chi connectivity index (χ0v) is 12.3. The van der Waals surface area contributed by atoms with E-state index in [2.05, 4.69) is 15.9 Å². The summed E-state index contributed by atoms with van der Waals surface area (Å²) in [5.41, 5.74) is 0.453. The lowest BCUT2D eigenvalue weighted by molar-refractivity contribution is -0.385. The Bertz CT molecular complexity index is 666. The van der Waals surface area contributed by atoms with E-state index in [1.54, 1.807) is 18.2 Å². The Kier molecular flexibility index (Phi) is 4.57. The van der Waals surface area contributed by atoms with Crippen molar-refractivity contribution < 1.29 is 14.1 Å². The van der Waals surface area contributed by atoms with Crippen LogP contribution >= 0.6 is 27.5 Å². The Balaban J connectivity index is 2.35. The molecule has 2 aromatic carbocycles. The van der Waals surface area contributed by atoms with Crippen molar-refractivity contribution in [1.29, 1.82) is 0 Å². The first kappa shape index (κ1) is 14.7. The summed E-state index contributed by atoms with van der Waals surface area (Å²) in [4.78, 5) is 9.87. The monoisotopic (exact) mass is 359 g/mol. The number of rotatable bonds is 4. The van der Waals surface area contributed by atoms with Gasteiger partial charge in [0.05, 0.1) is 11.0 Å². The third-order valence-electron chi connectivity index (χ3n) is 2.52. The van der Waals surface area contributed by atoms with Gasteiger partial charge in [-0.2, -0.15) is 0 Å². The normalized spacial score (nSPS) is 10.3. The molecule has 0 heterocycles. The van der Waals surface area contributed by atoms with Gasteiger partial charge in [-0.25, -0.2) is 4.39 Å². The van der Waals surface area contributed by atoms with E-state index >= 15 is 0 Å². The average molecular weight is 361 g/mol. The van der Waals surface area contributed by atoms with E-state index < -0.39 is 10.7 Å². The molecule has 0 saturated carbocycles. The van der Waals surface area contributed by atoms with Gasteiger partial charge in [-0.1, -0.05) is 33.6 Å². The van der Waals surface area contributed by atoms with Crippen molar-refractivity contribution in [3.8, 4) is 11.5 Å². The summed E-state index contributed by atoms with van der Waals surface area (Å²) in [5.74, 6) is -0.512. The molecule has 0 aliphatic carbocycles. The van der Waals surface area contributed by atoms with Crippen molar-refractivity contribution in [2.45, 2.75) is 5.33 Å². The molecule has 104 valence electrons. The molecule has 0 spiro atoms. The fourth-order valence-corrected chi connectivity index (χ4v) is 2.16. The molecular formula is C13H8BrClFNO3. The van der Waals surface area contributed by atoms with E-state index in [4.69, 9.17) is 16.3 Å². The van der Waals surface area contributed by atoms with E-state index in [9.17, 15) is 14.5 Å². The fraction of sp³-hybridized carbons (Fsp3) is 0.0769. The van der Waals surface area contributed by atoms with Crippen LogP contribution in [-0.2, 0) is 5.33 Å². The highest BCUT2D eigenvalue weighted by Gasteiger charge is 2.13. The number of benzene rings is 2. The fourth-order valence-electron chi connectivity index (χ4n) is 1.54. The zero-order valence-electron chi connectivity index (χ0n) is 9.98. The predicted octanol–water partition coefficient (Wildman–Crippen LogP) is 5.07. The number of non-ortho nitro benzene ring substituents is 1. The van der Waals surface area contributed by atoms with Gasteiger partial charge < -0.3 is 4.74 Å². The second-order valence-electron chi connectivity index (χ2n) is 3.86. The summed E-state index contributed by atoms with van der Waals surface area (Å²) in [5, 5.41) is 11.5. The van der Waals surface area contributed by atoms with Gasteiger partial charge in [0.1, 0.15) is 5.75 Å². The SMILES string of the molecule is O=[N+]([O-])c1ccc(Oc2cc(Cl)ccc2CBr)c(F)c1. The Hall–Kier alpha value is -1.66. The van der Waals surface area contributed by atoms with Crippen molar-refractivity contribution >= 4 is 33.2 Å². The Morgan fingerprint density at radius 1 is 1.25 bits per heavy atom. The molecule has 0 fully saturated rings. The van der Waals surface area contributed by atoms with Crippen molar-refractivity contribution in [1.82, 2.24) is 0 Å². The molecule has 0 aromatic heterocycles. The van der Waals surface area contributed by atoms with Crippen molar-refractivity contribution in [2.24, 2.45) is 0 Å². The quantitative estimate of drug-likeness (QED) is 0.434. The smallest absolute Gasteiger partial charge is 0.272 e. The zero-order chi connectivity index (χ0) is 14.7. The van der Waals surface area contributed by atoms with Gasteiger partial charge in [-0.05, 0) is 18.2 Å². The van der Waals surface area contributed by atoms with E-state index in [0.717, 1.165) is 11.6 Å². The molecule has 0 aliphatic rings. The molecule has 7 heteroatoms. The maximum atomic E-state index is 13.8. The van der Waals surface area contributed by atoms with Crippen molar-refractivity contribution in [2.75, 3.05) is 0 Å². The standard InChI is InChI=1S/C13H8BrClFNO3/c14-7-8-1-2-9(15)5-13(8)20-12-4-3-10(17(18)19)6-11(12)16/h1-6H,7H2. The van der Waals surface area contributed by atoms with Crippen LogP contribution in [0.15, 0.2) is 36.4 Å². The maximum Gasteiger partial charge on any atom is 0.272 e. The number of hydrogen-bond acceptors (Lipinski definition) is 3. The Morgan fingerprint density at radius 2 is 2.00 bits per heavy atom. The van der Waals surface area contributed by atoms with E-state index in [-0.39, 0.29) is 11.4 Å². The van der Waals surface area contributed by atoms with E-state index in [1.165, 1.54) is 12.1 Å². The number of nitrogens with zero attached hydrogens (tertiary/aromatic N) is 1. The molecule has 0 bridgehead atoms. The number of ether oxygens (including phenoxy) is 1. The second-order valence-corrected chi connectivity index (χ2v) is 4.86. The summed E-state index contributed by atoms with van der Waals surface area (Å²) in [6, 6.07) is 8.20. The average Bonchev–Trinajstić information content (AvgIpc) is 2.41. The minimum absolute atomic E-state index is 0.0972. The summed E-state index contributed by atoms with van der Waals surface area (Å²) in [6.07, 6.45) is 0.